The predicted octanol–water partition coefficient (Wildman–Crippen LogP) is 3.60. The molecule has 1 N–H and O–H groups in total. The number of nitrogens with one attached hydrogen (secondary N) is 1. The fraction of sp³-hybridized carbons (Fsp3) is 0.188. The summed E-state index contributed by atoms with van der Waals surface area (Å²) in [5, 5.41) is 2.58. The van der Waals surface area contributed by atoms with Gasteiger partial charge in [0.2, 0.25) is 0 Å². The smallest absolute Gasteiger partial charge is 0.410 e. The van der Waals surface area contributed by atoms with E-state index < -0.39 is 6.09 Å². The van der Waals surface area contributed by atoms with Gasteiger partial charge >= 0.3 is 6.09 Å². The zero-order chi connectivity index (χ0) is 15.2. The summed E-state index contributed by atoms with van der Waals surface area (Å²) >= 11 is 0. The largest absolute Gasteiger partial charge is 0.412 e. The first-order chi connectivity index (χ1) is 10.0. The van der Waals surface area contributed by atoms with Crippen molar-refractivity contribution >= 4 is 6.09 Å². The monoisotopic (exact) mass is 291 g/mol. The minimum absolute atomic E-state index is 0.285. The number of carbonyl (C=O) groups excluding carboxylic acids is 1. The van der Waals surface area contributed by atoms with Crippen molar-refractivity contribution in [2.75, 3.05) is 6.54 Å². The van der Waals surface area contributed by atoms with Crippen LogP contribution in [-0.4, -0.2) is 12.6 Å². The molecule has 2 aromatic rings. The third-order valence-corrected chi connectivity index (χ3v) is 2.94. The van der Waals surface area contributed by atoms with Crippen molar-refractivity contribution in [3.8, 4) is 5.75 Å². The van der Waals surface area contributed by atoms with E-state index in [1.807, 2.05) is 0 Å². The lowest BCUT2D eigenvalue weighted by Gasteiger charge is -2.07. The van der Waals surface area contributed by atoms with Gasteiger partial charge < -0.3 is 10.1 Å². The molecular formula is C16H15F2NO2. The summed E-state index contributed by atoms with van der Waals surface area (Å²) in [6.45, 7) is 1.96. The Morgan fingerprint density at radius 1 is 1.14 bits per heavy atom. The highest BCUT2D eigenvalue weighted by Crippen LogP contribution is 2.15. The zero-order valence-electron chi connectivity index (χ0n) is 11.5. The summed E-state index contributed by atoms with van der Waals surface area (Å²) in [6.07, 6.45) is -0.0409. The molecule has 5 heteroatoms. The Balaban J connectivity index is 1.79. The molecule has 0 bridgehead atoms. The Morgan fingerprint density at radius 3 is 2.52 bits per heavy atom. The molecule has 2 aromatic carbocycles. The molecule has 0 aromatic heterocycles. The second-order valence-corrected chi connectivity index (χ2v) is 4.60. The van der Waals surface area contributed by atoms with Gasteiger partial charge in [0.1, 0.15) is 17.4 Å². The molecule has 0 radical (unpaired) electrons. The topological polar surface area (TPSA) is 38.3 Å². The van der Waals surface area contributed by atoms with Crippen LogP contribution in [0, 0.1) is 18.6 Å². The molecule has 21 heavy (non-hydrogen) atoms. The summed E-state index contributed by atoms with van der Waals surface area (Å²) in [6, 6.07) is 10.1. The Labute approximate surface area is 121 Å². The van der Waals surface area contributed by atoms with Gasteiger partial charge in [0.15, 0.2) is 0 Å². The van der Waals surface area contributed by atoms with Crippen LogP contribution in [0.15, 0.2) is 42.5 Å². The first kappa shape index (κ1) is 15.0. The Bertz CT molecular complexity index is 627. The zero-order valence-corrected chi connectivity index (χ0v) is 11.5. The Morgan fingerprint density at radius 2 is 1.86 bits per heavy atom. The summed E-state index contributed by atoms with van der Waals surface area (Å²) in [5.41, 5.74) is 1.32. The molecule has 1 amide bonds. The first-order valence-corrected chi connectivity index (χ1v) is 6.51. The predicted molar refractivity (Wildman–Crippen MR) is 75.3 cm³/mol. The third kappa shape index (κ3) is 4.56. The van der Waals surface area contributed by atoms with Crippen LogP contribution in [0.4, 0.5) is 13.6 Å². The number of hydrogen-bond acceptors (Lipinski definition) is 2. The van der Waals surface area contributed by atoms with Crippen molar-refractivity contribution in [3.63, 3.8) is 0 Å². The summed E-state index contributed by atoms with van der Waals surface area (Å²) in [4.78, 5) is 11.6. The van der Waals surface area contributed by atoms with E-state index in [1.165, 1.54) is 30.3 Å². The van der Waals surface area contributed by atoms with Crippen LogP contribution in [0.25, 0.3) is 0 Å². The van der Waals surface area contributed by atoms with E-state index in [-0.39, 0.29) is 17.4 Å². The van der Waals surface area contributed by atoms with E-state index in [0.29, 0.717) is 18.5 Å². The standard InChI is InChI=1S/C16H15F2NO2/c1-11-10-14(6-7-15(11)18)21-16(20)19-9-8-12-2-4-13(17)5-3-12/h2-7,10H,8-9H2,1H3,(H,19,20). The van der Waals surface area contributed by atoms with Gasteiger partial charge in [-0.25, -0.2) is 13.6 Å². The highest BCUT2D eigenvalue weighted by atomic mass is 19.1. The van der Waals surface area contributed by atoms with Crippen LogP contribution in [-0.2, 0) is 6.42 Å². The quantitative estimate of drug-likeness (QED) is 0.934. The molecule has 0 heterocycles. The number of halogens is 2. The van der Waals surface area contributed by atoms with Gasteiger partial charge in [-0.3, -0.25) is 0 Å². The van der Waals surface area contributed by atoms with E-state index in [4.69, 9.17) is 4.74 Å². The van der Waals surface area contributed by atoms with E-state index in [9.17, 15) is 13.6 Å². The highest BCUT2D eigenvalue weighted by molar-refractivity contribution is 5.70. The number of amides is 1. The molecule has 0 saturated heterocycles. The van der Waals surface area contributed by atoms with Gasteiger partial charge in [-0.1, -0.05) is 12.1 Å². The molecule has 0 unspecified atom stereocenters. The minimum Gasteiger partial charge on any atom is -0.410 e. The lowest BCUT2D eigenvalue weighted by Crippen LogP contribution is -2.28. The lowest BCUT2D eigenvalue weighted by molar-refractivity contribution is 0.200. The van der Waals surface area contributed by atoms with E-state index in [0.717, 1.165) is 5.56 Å². The fourth-order valence-electron chi connectivity index (χ4n) is 1.78. The van der Waals surface area contributed by atoms with Gasteiger partial charge in [-0.05, 0) is 54.8 Å². The summed E-state index contributed by atoms with van der Waals surface area (Å²) in [7, 11) is 0. The van der Waals surface area contributed by atoms with Crippen molar-refractivity contribution in [3.05, 3.63) is 65.2 Å². The SMILES string of the molecule is Cc1cc(OC(=O)NCCc2ccc(F)cc2)ccc1F. The molecule has 0 saturated carbocycles. The van der Waals surface area contributed by atoms with Crippen LogP contribution in [0.1, 0.15) is 11.1 Å². The van der Waals surface area contributed by atoms with Crippen molar-refractivity contribution in [1.82, 2.24) is 5.32 Å². The average molecular weight is 291 g/mol. The molecule has 0 aliphatic carbocycles. The first-order valence-electron chi connectivity index (χ1n) is 6.51. The Kier molecular flexibility index (Phi) is 4.87. The number of rotatable bonds is 4. The molecule has 3 nitrogen and oxygen atoms in total. The van der Waals surface area contributed by atoms with Crippen LogP contribution >= 0.6 is 0 Å². The average Bonchev–Trinajstić information content (AvgIpc) is 2.45. The molecule has 0 aliphatic rings. The maximum atomic E-state index is 13.1. The highest BCUT2D eigenvalue weighted by Gasteiger charge is 2.06. The Hall–Kier alpha value is -2.43. The number of aryl methyl sites for hydroxylation is 1. The van der Waals surface area contributed by atoms with Crippen molar-refractivity contribution in [2.24, 2.45) is 0 Å². The minimum atomic E-state index is -0.608. The van der Waals surface area contributed by atoms with Crippen LogP contribution in [0.5, 0.6) is 5.75 Å². The number of carbonyl (C=O) groups is 1. The molecule has 0 aliphatic heterocycles. The second kappa shape index (κ2) is 6.83. The second-order valence-electron chi connectivity index (χ2n) is 4.60. The van der Waals surface area contributed by atoms with Gasteiger partial charge in [-0.2, -0.15) is 0 Å². The lowest BCUT2D eigenvalue weighted by atomic mass is 10.1. The maximum absolute atomic E-state index is 13.1. The van der Waals surface area contributed by atoms with Gasteiger partial charge in [0.05, 0.1) is 0 Å². The molecule has 110 valence electrons. The molecule has 0 fully saturated rings. The van der Waals surface area contributed by atoms with E-state index >= 15 is 0 Å². The van der Waals surface area contributed by atoms with Gasteiger partial charge in [0, 0.05) is 6.54 Å². The molecule has 0 atom stereocenters. The maximum Gasteiger partial charge on any atom is 0.412 e. The van der Waals surface area contributed by atoms with Crippen LogP contribution < -0.4 is 10.1 Å². The van der Waals surface area contributed by atoms with Crippen LogP contribution in [0.2, 0.25) is 0 Å². The molecule has 0 spiro atoms. The molecule has 2 rings (SSSR count). The number of ether oxygens (including phenoxy) is 1. The van der Waals surface area contributed by atoms with E-state index in [2.05, 4.69) is 5.32 Å². The number of hydrogen-bond donors (Lipinski definition) is 1. The fourth-order valence-corrected chi connectivity index (χ4v) is 1.78. The van der Waals surface area contributed by atoms with Gasteiger partial charge in [0.25, 0.3) is 0 Å². The summed E-state index contributed by atoms with van der Waals surface area (Å²) < 4.78 is 30.8. The molecular weight excluding hydrogens is 276 g/mol. The van der Waals surface area contributed by atoms with Crippen molar-refractivity contribution < 1.29 is 18.3 Å². The van der Waals surface area contributed by atoms with Crippen LogP contribution in [0.3, 0.4) is 0 Å². The van der Waals surface area contributed by atoms with E-state index in [1.54, 1.807) is 19.1 Å². The summed E-state index contributed by atoms with van der Waals surface area (Å²) in [5.74, 6) is -0.356. The van der Waals surface area contributed by atoms with Gasteiger partial charge in [-0.15, -0.1) is 0 Å². The number of benzene rings is 2. The van der Waals surface area contributed by atoms with Crippen molar-refractivity contribution in [2.45, 2.75) is 13.3 Å². The van der Waals surface area contributed by atoms with Crippen molar-refractivity contribution in [1.29, 1.82) is 0 Å². The third-order valence-electron chi connectivity index (χ3n) is 2.94. The normalized spacial score (nSPS) is 10.2.